The van der Waals surface area contributed by atoms with Crippen LogP contribution < -0.4 is 10.1 Å². The molecule has 0 saturated carbocycles. The summed E-state index contributed by atoms with van der Waals surface area (Å²) in [6, 6.07) is 28.2. The van der Waals surface area contributed by atoms with Gasteiger partial charge in [0, 0.05) is 11.4 Å². The molecule has 0 aliphatic rings. The molecular formula is C28H28N2O2. The van der Waals surface area contributed by atoms with Crippen molar-refractivity contribution in [1.29, 1.82) is 0 Å². The molecule has 0 bridgehead atoms. The van der Waals surface area contributed by atoms with Crippen LogP contribution in [0.1, 0.15) is 40.1 Å². The first-order valence-corrected chi connectivity index (χ1v) is 10.8. The molecule has 4 heteroatoms. The van der Waals surface area contributed by atoms with E-state index >= 15 is 0 Å². The third-order valence-electron chi connectivity index (χ3n) is 5.82. The van der Waals surface area contributed by atoms with Crippen LogP contribution in [0.25, 0.3) is 16.9 Å². The first-order valence-electron chi connectivity index (χ1n) is 10.8. The van der Waals surface area contributed by atoms with Crippen LogP contribution in [0.2, 0.25) is 0 Å². The van der Waals surface area contributed by atoms with Crippen LogP contribution >= 0.6 is 0 Å². The van der Waals surface area contributed by atoms with E-state index in [0.29, 0.717) is 5.56 Å². The van der Waals surface area contributed by atoms with Gasteiger partial charge in [0.1, 0.15) is 5.75 Å². The second kappa shape index (κ2) is 9.15. The summed E-state index contributed by atoms with van der Waals surface area (Å²) >= 11 is 0. The number of rotatable bonds is 6. The molecule has 1 N–H and O–H groups in total. The lowest BCUT2D eigenvalue weighted by Crippen LogP contribution is -2.27. The molecular weight excluding hydrogens is 396 g/mol. The van der Waals surface area contributed by atoms with E-state index in [9.17, 15) is 4.79 Å². The number of carbonyl (C=O) groups excluding carboxylic acids is 1. The van der Waals surface area contributed by atoms with Crippen molar-refractivity contribution in [3.05, 3.63) is 107 Å². The number of hydrogen-bond donors (Lipinski definition) is 1. The molecule has 0 unspecified atom stereocenters. The van der Waals surface area contributed by atoms with Gasteiger partial charge >= 0.3 is 0 Å². The molecule has 0 radical (unpaired) electrons. The van der Waals surface area contributed by atoms with Gasteiger partial charge in [-0.15, -0.1) is 0 Å². The number of ether oxygens (including phenoxy) is 1. The van der Waals surface area contributed by atoms with E-state index < -0.39 is 0 Å². The van der Waals surface area contributed by atoms with Gasteiger partial charge in [0.05, 0.1) is 24.4 Å². The highest BCUT2D eigenvalue weighted by atomic mass is 16.5. The second-order valence-corrected chi connectivity index (χ2v) is 8.03. The van der Waals surface area contributed by atoms with Crippen molar-refractivity contribution in [3.8, 4) is 22.7 Å². The highest BCUT2D eigenvalue weighted by Gasteiger charge is 2.21. The van der Waals surface area contributed by atoms with E-state index in [2.05, 4.69) is 41.1 Å². The zero-order chi connectivity index (χ0) is 22.7. The molecule has 3 aromatic carbocycles. The maximum absolute atomic E-state index is 13.3. The molecule has 1 heterocycles. The van der Waals surface area contributed by atoms with Gasteiger partial charge in [-0.2, -0.15) is 0 Å². The van der Waals surface area contributed by atoms with E-state index in [0.717, 1.165) is 34.0 Å². The van der Waals surface area contributed by atoms with Crippen LogP contribution in [0.15, 0.2) is 84.9 Å². The Bertz CT molecular complexity index is 1210. The minimum atomic E-state index is -0.0877. The van der Waals surface area contributed by atoms with Gasteiger partial charge in [-0.1, -0.05) is 48.0 Å². The minimum absolute atomic E-state index is 0.0838. The van der Waals surface area contributed by atoms with Crippen molar-refractivity contribution in [2.75, 3.05) is 7.11 Å². The summed E-state index contributed by atoms with van der Waals surface area (Å²) in [6.45, 7) is 6.07. The Kier molecular flexibility index (Phi) is 6.13. The highest BCUT2D eigenvalue weighted by molar-refractivity contribution is 5.97. The minimum Gasteiger partial charge on any atom is -0.497 e. The molecule has 4 aromatic rings. The van der Waals surface area contributed by atoms with Crippen LogP contribution in [0.4, 0.5) is 0 Å². The molecule has 4 rings (SSSR count). The summed E-state index contributed by atoms with van der Waals surface area (Å²) < 4.78 is 7.46. The van der Waals surface area contributed by atoms with E-state index in [1.165, 1.54) is 5.56 Å². The first-order chi connectivity index (χ1) is 15.5. The Hall–Kier alpha value is -3.79. The molecule has 0 aliphatic carbocycles. The summed E-state index contributed by atoms with van der Waals surface area (Å²) in [4.78, 5) is 13.3. The summed E-state index contributed by atoms with van der Waals surface area (Å²) in [7, 11) is 1.66. The largest absolute Gasteiger partial charge is 0.497 e. The van der Waals surface area contributed by atoms with E-state index in [4.69, 9.17) is 4.74 Å². The predicted octanol–water partition coefficient (Wildman–Crippen LogP) is 6.26. The van der Waals surface area contributed by atoms with Crippen LogP contribution in [-0.4, -0.2) is 17.6 Å². The zero-order valence-corrected chi connectivity index (χ0v) is 18.9. The number of aromatic nitrogens is 1. The Morgan fingerprint density at radius 3 is 2.19 bits per heavy atom. The summed E-state index contributed by atoms with van der Waals surface area (Å²) in [5.74, 6) is 0.716. The van der Waals surface area contributed by atoms with E-state index in [-0.39, 0.29) is 11.9 Å². The maximum atomic E-state index is 13.3. The van der Waals surface area contributed by atoms with Crippen molar-refractivity contribution in [2.24, 2.45) is 0 Å². The molecule has 4 nitrogen and oxygen atoms in total. The van der Waals surface area contributed by atoms with Gasteiger partial charge in [0.25, 0.3) is 5.91 Å². The van der Waals surface area contributed by atoms with Crippen molar-refractivity contribution in [1.82, 2.24) is 9.88 Å². The van der Waals surface area contributed by atoms with Gasteiger partial charge in [0.2, 0.25) is 0 Å². The molecule has 0 saturated heterocycles. The van der Waals surface area contributed by atoms with E-state index in [1.54, 1.807) is 7.11 Å². The Balaban J connectivity index is 1.76. The lowest BCUT2D eigenvalue weighted by molar-refractivity contribution is 0.0939. The van der Waals surface area contributed by atoms with Crippen molar-refractivity contribution in [3.63, 3.8) is 0 Å². The number of carbonyl (C=O) groups is 1. The number of aryl methyl sites for hydroxylation is 1. The average Bonchev–Trinajstić information content (AvgIpc) is 3.17. The Labute approximate surface area is 189 Å². The van der Waals surface area contributed by atoms with Gasteiger partial charge in [-0.25, -0.2) is 0 Å². The monoisotopic (exact) mass is 424 g/mol. The Morgan fingerprint density at radius 2 is 1.56 bits per heavy atom. The predicted molar refractivity (Wildman–Crippen MR) is 130 cm³/mol. The third kappa shape index (κ3) is 4.30. The highest BCUT2D eigenvalue weighted by Crippen LogP contribution is 2.31. The SMILES string of the molecule is COc1ccc(-c2cc(C(=O)N[C@H](C)c3ccccc3)c(C)n2-c2ccc(C)cc2)cc1. The van der Waals surface area contributed by atoms with Crippen LogP contribution in [0.5, 0.6) is 5.75 Å². The number of methoxy groups -OCH3 is 1. The quantitative estimate of drug-likeness (QED) is 0.397. The lowest BCUT2D eigenvalue weighted by Gasteiger charge is -2.15. The number of nitrogens with zero attached hydrogens (tertiary/aromatic N) is 1. The zero-order valence-electron chi connectivity index (χ0n) is 18.9. The van der Waals surface area contributed by atoms with Gasteiger partial charge in [0.15, 0.2) is 0 Å². The standard InChI is InChI=1S/C28H28N2O2/c1-19-10-14-24(15-11-19)30-21(3)26(18-27(30)23-12-16-25(32-4)17-13-23)28(31)29-20(2)22-8-6-5-7-9-22/h5-18,20H,1-4H3,(H,29,31)/t20-/m1/s1. The number of hydrogen-bond acceptors (Lipinski definition) is 2. The maximum Gasteiger partial charge on any atom is 0.253 e. The molecule has 1 amide bonds. The van der Waals surface area contributed by atoms with Crippen LogP contribution in [-0.2, 0) is 0 Å². The van der Waals surface area contributed by atoms with Gasteiger partial charge in [-0.05, 0) is 74.4 Å². The Morgan fingerprint density at radius 1 is 0.906 bits per heavy atom. The van der Waals surface area contributed by atoms with Crippen molar-refractivity contribution >= 4 is 5.91 Å². The van der Waals surface area contributed by atoms with Crippen molar-refractivity contribution in [2.45, 2.75) is 26.8 Å². The molecule has 32 heavy (non-hydrogen) atoms. The molecule has 0 aliphatic heterocycles. The molecule has 162 valence electrons. The normalized spacial score (nSPS) is 11.8. The fourth-order valence-corrected chi connectivity index (χ4v) is 3.94. The van der Waals surface area contributed by atoms with Crippen LogP contribution in [0, 0.1) is 13.8 Å². The molecule has 1 aromatic heterocycles. The fourth-order valence-electron chi connectivity index (χ4n) is 3.94. The smallest absolute Gasteiger partial charge is 0.253 e. The van der Waals surface area contributed by atoms with E-state index in [1.807, 2.05) is 74.5 Å². The summed E-state index contributed by atoms with van der Waals surface area (Å²) in [5, 5.41) is 3.15. The molecule has 0 spiro atoms. The summed E-state index contributed by atoms with van der Waals surface area (Å²) in [5.41, 5.74) is 6.84. The second-order valence-electron chi connectivity index (χ2n) is 8.03. The topological polar surface area (TPSA) is 43.3 Å². The summed E-state index contributed by atoms with van der Waals surface area (Å²) in [6.07, 6.45) is 0. The van der Waals surface area contributed by atoms with Crippen LogP contribution in [0.3, 0.4) is 0 Å². The number of benzene rings is 3. The number of nitrogens with one attached hydrogen (secondary N) is 1. The first kappa shape index (κ1) is 21.4. The van der Waals surface area contributed by atoms with Crippen molar-refractivity contribution < 1.29 is 9.53 Å². The van der Waals surface area contributed by atoms with Gasteiger partial charge < -0.3 is 14.6 Å². The fraction of sp³-hybridized carbons (Fsp3) is 0.179. The number of amides is 1. The molecule has 1 atom stereocenters. The molecule has 0 fully saturated rings. The van der Waals surface area contributed by atoms with Gasteiger partial charge in [-0.3, -0.25) is 4.79 Å². The average molecular weight is 425 g/mol. The lowest BCUT2D eigenvalue weighted by atomic mass is 10.1. The third-order valence-corrected chi connectivity index (χ3v) is 5.82.